The number of esters is 1. The highest BCUT2D eigenvalue weighted by Crippen LogP contribution is 2.33. The first-order chi connectivity index (χ1) is 8.55. The van der Waals surface area contributed by atoms with Crippen LogP contribution in [0.5, 0.6) is 0 Å². The van der Waals surface area contributed by atoms with Crippen molar-refractivity contribution in [2.24, 2.45) is 5.11 Å². The number of azide groups is 1. The Balaban J connectivity index is 2.76. The molecule has 0 aromatic rings. The van der Waals surface area contributed by atoms with Gasteiger partial charge in [0.1, 0.15) is 0 Å². The van der Waals surface area contributed by atoms with Gasteiger partial charge in [0.05, 0.1) is 12.6 Å². The van der Waals surface area contributed by atoms with E-state index >= 15 is 0 Å². The standard InChI is InChI=1S/C11H19N3O4/c1-4-11(5-2)17-9(7-13-14-12)6-10(18-11)16-8(3)15/h9-10H,4-7H2,1-3H3. The van der Waals surface area contributed by atoms with Crippen LogP contribution >= 0.6 is 0 Å². The maximum atomic E-state index is 11.0. The molecular formula is C11H19N3O4. The van der Waals surface area contributed by atoms with Crippen LogP contribution in [0.1, 0.15) is 40.0 Å². The minimum Gasteiger partial charge on any atom is -0.436 e. The fraction of sp³-hybridized carbons (Fsp3) is 0.909. The molecule has 2 unspecified atom stereocenters. The molecule has 2 atom stereocenters. The van der Waals surface area contributed by atoms with Gasteiger partial charge in [-0.05, 0) is 18.4 Å². The zero-order valence-electron chi connectivity index (χ0n) is 11.0. The predicted octanol–water partition coefficient (Wildman–Crippen LogP) is 2.51. The van der Waals surface area contributed by atoms with Crippen LogP contribution in [0.4, 0.5) is 0 Å². The van der Waals surface area contributed by atoms with E-state index in [1.54, 1.807) is 0 Å². The van der Waals surface area contributed by atoms with Crippen molar-refractivity contribution in [2.75, 3.05) is 6.54 Å². The number of ether oxygens (including phenoxy) is 3. The first-order valence-electron chi connectivity index (χ1n) is 6.09. The number of hydrogen-bond donors (Lipinski definition) is 0. The van der Waals surface area contributed by atoms with Gasteiger partial charge in [-0.15, -0.1) is 0 Å². The molecule has 0 N–H and O–H groups in total. The Morgan fingerprint density at radius 2 is 2.17 bits per heavy atom. The zero-order chi connectivity index (χ0) is 13.6. The molecule has 0 aromatic heterocycles. The van der Waals surface area contributed by atoms with Crippen molar-refractivity contribution in [3.63, 3.8) is 0 Å². The van der Waals surface area contributed by atoms with Crippen molar-refractivity contribution in [3.8, 4) is 0 Å². The minimum atomic E-state index is -0.770. The topological polar surface area (TPSA) is 93.5 Å². The number of carbonyl (C=O) groups is 1. The van der Waals surface area contributed by atoms with Crippen molar-refractivity contribution in [3.05, 3.63) is 10.4 Å². The quantitative estimate of drug-likeness (QED) is 0.327. The molecule has 1 fully saturated rings. The summed E-state index contributed by atoms with van der Waals surface area (Å²) < 4.78 is 16.6. The lowest BCUT2D eigenvalue weighted by molar-refractivity contribution is -0.357. The van der Waals surface area contributed by atoms with Gasteiger partial charge in [0.15, 0.2) is 5.79 Å². The first kappa shape index (κ1) is 14.8. The second-order valence-corrected chi connectivity index (χ2v) is 4.16. The summed E-state index contributed by atoms with van der Waals surface area (Å²) in [5.74, 6) is -1.17. The Labute approximate surface area is 106 Å². The van der Waals surface area contributed by atoms with Crippen LogP contribution in [0, 0.1) is 0 Å². The van der Waals surface area contributed by atoms with Gasteiger partial charge in [-0.3, -0.25) is 4.79 Å². The minimum absolute atomic E-state index is 0.208. The Kier molecular flexibility index (Phi) is 5.40. The van der Waals surface area contributed by atoms with Crippen molar-refractivity contribution < 1.29 is 19.0 Å². The van der Waals surface area contributed by atoms with E-state index in [0.717, 1.165) is 0 Å². The van der Waals surface area contributed by atoms with Gasteiger partial charge in [0.2, 0.25) is 6.29 Å². The van der Waals surface area contributed by atoms with Gasteiger partial charge in [0, 0.05) is 18.3 Å². The van der Waals surface area contributed by atoms with Crippen molar-refractivity contribution in [1.82, 2.24) is 0 Å². The molecule has 0 spiro atoms. The molecule has 1 aliphatic rings. The Bertz CT molecular complexity index is 323. The van der Waals surface area contributed by atoms with Crippen LogP contribution in [0.25, 0.3) is 10.4 Å². The predicted molar refractivity (Wildman–Crippen MR) is 63.5 cm³/mol. The highest BCUT2D eigenvalue weighted by molar-refractivity contribution is 5.66. The summed E-state index contributed by atoms with van der Waals surface area (Å²) in [5, 5.41) is 3.50. The summed E-state index contributed by atoms with van der Waals surface area (Å²) in [6.07, 6.45) is 0.705. The van der Waals surface area contributed by atoms with Crippen LogP contribution < -0.4 is 0 Å². The van der Waals surface area contributed by atoms with Crippen molar-refractivity contribution >= 4 is 5.97 Å². The third-order valence-corrected chi connectivity index (χ3v) is 2.91. The van der Waals surface area contributed by atoms with E-state index in [2.05, 4.69) is 10.0 Å². The van der Waals surface area contributed by atoms with E-state index in [9.17, 15) is 4.79 Å². The van der Waals surface area contributed by atoms with E-state index in [1.807, 2.05) is 13.8 Å². The highest BCUT2D eigenvalue weighted by Gasteiger charge is 2.41. The fourth-order valence-electron chi connectivity index (χ4n) is 1.96. The second kappa shape index (κ2) is 6.58. The van der Waals surface area contributed by atoms with E-state index in [4.69, 9.17) is 19.7 Å². The monoisotopic (exact) mass is 257 g/mol. The molecule has 0 bridgehead atoms. The summed E-state index contributed by atoms with van der Waals surface area (Å²) >= 11 is 0. The van der Waals surface area contributed by atoms with E-state index in [0.29, 0.717) is 19.3 Å². The summed E-state index contributed by atoms with van der Waals surface area (Å²) in [4.78, 5) is 13.7. The molecule has 18 heavy (non-hydrogen) atoms. The van der Waals surface area contributed by atoms with Gasteiger partial charge in [-0.1, -0.05) is 19.0 Å². The Morgan fingerprint density at radius 1 is 1.50 bits per heavy atom. The number of carbonyl (C=O) groups excluding carboxylic acids is 1. The molecule has 0 aliphatic carbocycles. The van der Waals surface area contributed by atoms with E-state index in [-0.39, 0.29) is 12.6 Å². The first-order valence-corrected chi connectivity index (χ1v) is 6.09. The molecule has 1 saturated heterocycles. The van der Waals surface area contributed by atoms with Crippen LogP contribution in [-0.2, 0) is 19.0 Å². The van der Waals surface area contributed by atoms with Gasteiger partial charge in [-0.25, -0.2) is 0 Å². The zero-order valence-corrected chi connectivity index (χ0v) is 11.0. The van der Waals surface area contributed by atoms with E-state index < -0.39 is 18.0 Å². The summed E-state index contributed by atoms with van der Waals surface area (Å²) in [5.41, 5.74) is 8.34. The average Bonchev–Trinajstić information content (AvgIpc) is 2.35. The van der Waals surface area contributed by atoms with Gasteiger partial charge >= 0.3 is 5.97 Å². The number of hydrogen-bond acceptors (Lipinski definition) is 5. The Morgan fingerprint density at radius 3 is 2.67 bits per heavy atom. The fourth-order valence-corrected chi connectivity index (χ4v) is 1.96. The van der Waals surface area contributed by atoms with Gasteiger partial charge in [-0.2, -0.15) is 0 Å². The molecule has 1 rings (SSSR count). The number of rotatable bonds is 5. The summed E-state index contributed by atoms with van der Waals surface area (Å²) in [6.45, 7) is 5.41. The molecular weight excluding hydrogens is 238 g/mol. The van der Waals surface area contributed by atoms with E-state index in [1.165, 1.54) is 6.92 Å². The van der Waals surface area contributed by atoms with Crippen molar-refractivity contribution in [1.29, 1.82) is 0 Å². The molecule has 0 radical (unpaired) electrons. The molecule has 0 amide bonds. The molecule has 7 heteroatoms. The molecule has 1 aliphatic heterocycles. The lowest BCUT2D eigenvalue weighted by Crippen LogP contribution is -2.49. The molecule has 1 heterocycles. The van der Waals surface area contributed by atoms with Crippen LogP contribution in [0.3, 0.4) is 0 Å². The highest BCUT2D eigenvalue weighted by atomic mass is 16.8. The number of nitrogens with zero attached hydrogens (tertiary/aromatic N) is 3. The average molecular weight is 257 g/mol. The largest absolute Gasteiger partial charge is 0.436 e. The maximum Gasteiger partial charge on any atom is 0.304 e. The lowest BCUT2D eigenvalue weighted by atomic mass is 10.1. The van der Waals surface area contributed by atoms with Gasteiger partial charge in [0.25, 0.3) is 0 Å². The third-order valence-electron chi connectivity index (χ3n) is 2.91. The van der Waals surface area contributed by atoms with Crippen molar-refractivity contribution in [2.45, 2.75) is 58.2 Å². The normalized spacial score (nSPS) is 26.2. The SMILES string of the molecule is CCC1(CC)OC(CN=[N+]=[N-])CC(OC(C)=O)O1. The summed E-state index contributed by atoms with van der Waals surface area (Å²) in [7, 11) is 0. The smallest absolute Gasteiger partial charge is 0.304 e. The molecule has 0 saturated carbocycles. The van der Waals surface area contributed by atoms with Gasteiger partial charge < -0.3 is 14.2 Å². The molecule has 0 aromatic carbocycles. The maximum absolute atomic E-state index is 11.0. The van der Waals surface area contributed by atoms with Crippen LogP contribution in [0.2, 0.25) is 0 Å². The Hall–Kier alpha value is -1.30. The lowest BCUT2D eigenvalue weighted by Gasteiger charge is -2.43. The summed E-state index contributed by atoms with van der Waals surface area (Å²) in [6, 6.07) is 0. The van der Waals surface area contributed by atoms with Crippen LogP contribution in [-0.4, -0.2) is 30.7 Å². The van der Waals surface area contributed by atoms with Crippen LogP contribution in [0.15, 0.2) is 5.11 Å². The second-order valence-electron chi connectivity index (χ2n) is 4.16. The third kappa shape index (κ3) is 3.87. The molecule has 7 nitrogen and oxygen atoms in total. The molecule has 102 valence electrons.